The van der Waals surface area contributed by atoms with Crippen molar-refractivity contribution in [3.8, 4) is 11.5 Å². The average Bonchev–Trinajstić information content (AvgIpc) is 3.17. The van der Waals surface area contributed by atoms with Crippen molar-refractivity contribution in [2.24, 2.45) is 0 Å². The lowest BCUT2D eigenvalue weighted by molar-refractivity contribution is -0.139. The molecular weight excluding hydrogens is 346 g/mol. The van der Waals surface area contributed by atoms with Crippen LogP contribution in [0.25, 0.3) is 22.6 Å². The van der Waals surface area contributed by atoms with E-state index in [0.29, 0.717) is 17.0 Å². The Morgan fingerprint density at radius 2 is 2.08 bits per heavy atom. The summed E-state index contributed by atoms with van der Waals surface area (Å²) in [6.07, 6.45) is 4.02. The molecule has 9 heteroatoms. The first-order valence-electron chi connectivity index (χ1n) is 7.52. The van der Waals surface area contributed by atoms with Gasteiger partial charge in [-0.15, -0.1) is 0 Å². The molecule has 8 nitrogen and oxygen atoms in total. The minimum atomic E-state index is -3.77. The normalized spacial score (nSPS) is 14.5. The van der Waals surface area contributed by atoms with E-state index >= 15 is 0 Å². The molecule has 0 saturated carbocycles. The number of carbonyl (C=O) groups is 1. The zero-order valence-corrected chi connectivity index (χ0v) is 14.5. The number of rotatable bonds is 6. The molecule has 0 aliphatic rings. The topological polar surface area (TPSA) is 115 Å². The maximum atomic E-state index is 11.8. The van der Waals surface area contributed by atoms with Crippen LogP contribution >= 0.6 is 0 Å². The number of oxazole rings is 1. The average molecular weight is 363 g/mol. The van der Waals surface area contributed by atoms with Gasteiger partial charge in [-0.1, -0.05) is 12.1 Å². The van der Waals surface area contributed by atoms with E-state index in [4.69, 9.17) is 4.42 Å². The van der Waals surface area contributed by atoms with E-state index in [9.17, 15) is 18.3 Å². The number of hydrogen-bond donors (Lipinski definition) is 1. The SMILES string of the molecule is CC(CCn1cc(-c2nc3ccccc3o2)cn1)(C(=O)O)S(C)(=O)=O. The summed E-state index contributed by atoms with van der Waals surface area (Å²) >= 11 is 0. The Morgan fingerprint density at radius 1 is 1.36 bits per heavy atom. The molecule has 1 N–H and O–H groups in total. The van der Waals surface area contributed by atoms with E-state index in [2.05, 4.69) is 10.1 Å². The van der Waals surface area contributed by atoms with Crippen molar-refractivity contribution in [1.82, 2.24) is 14.8 Å². The van der Waals surface area contributed by atoms with Crippen molar-refractivity contribution in [2.75, 3.05) is 6.26 Å². The Balaban J connectivity index is 1.81. The number of benzene rings is 1. The molecule has 0 fully saturated rings. The van der Waals surface area contributed by atoms with Gasteiger partial charge in [0.15, 0.2) is 20.2 Å². The molecule has 132 valence electrons. The van der Waals surface area contributed by atoms with Crippen molar-refractivity contribution in [2.45, 2.75) is 24.6 Å². The van der Waals surface area contributed by atoms with Crippen LogP contribution in [0, 0.1) is 0 Å². The van der Waals surface area contributed by atoms with Crippen LogP contribution in [0.1, 0.15) is 13.3 Å². The second-order valence-corrected chi connectivity index (χ2v) is 8.48. The monoisotopic (exact) mass is 363 g/mol. The number of nitrogens with zero attached hydrogens (tertiary/aromatic N) is 3. The van der Waals surface area contributed by atoms with Gasteiger partial charge in [0.25, 0.3) is 0 Å². The Kier molecular flexibility index (Phi) is 4.11. The van der Waals surface area contributed by atoms with Crippen LogP contribution in [0.15, 0.2) is 41.1 Å². The smallest absolute Gasteiger partial charge is 0.324 e. The van der Waals surface area contributed by atoms with Crippen LogP contribution < -0.4 is 0 Å². The van der Waals surface area contributed by atoms with Crippen LogP contribution in [0.4, 0.5) is 0 Å². The largest absolute Gasteiger partial charge is 0.480 e. The summed E-state index contributed by atoms with van der Waals surface area (Å²) in [5, 5.41) is 13.4. The highest BCUT2D eigenvalue weighted by molar-refractivity contribution is 7.92. The third-order valence-corrected chi connectivity index (χ3v) is 6.28. The fraction of sp³-hybridized carbons (Fsp3) is 0.312. The van der Waals surface area contributed by atoms with Crippen molar-refractivity contribution < 1.29 is 22.7 Å². The Morgan fingerprint density at radius 3 is 2.72 bits per heavy atom. The van der Waals surface area contributed by atoms with Gasteiger partial charge in [-0.05, 0) is 25.5 Å². The fourth-order valence-corrected chi connectivity index (χ4v) is 3.15. The molecule has 0 aliphatic carbocycles. The zero-order chi connectivity index (χ0) is 18.2. The number of fused-ring (bicyclic) bond motifs is 1. The molecular formula is C16H17N3O5S. The van der Waals surface area contributed by atoms with Crippen LogP contribution in [-0.4, -0.2) is 45.3 Å². The van der Waals surface area contributed by atoms with E-state index in [1.54, 1.807) is 18.5 Å². The number of aliphatic carboxylic acids is 1. The summed E-state index contributed by atoms with van der Waals surface area (Å²) in [6, 6.07) is 7.34. The van der Waals surface area contributed by atoms with Crippen molar-refractivity contribution in [3.05, 3.63) is 36.7 Å². The number of carboxylic acids is 1. The Hall–Kier alpha value is -2.68. The molecule has 0 saturated heterocycles. The number of para-hydroxylation sites is 2. The molecule has 1 aromatic carbocycles. The molecule has 1 unspecified atom stereocenters. The van der Waals surface area contributed by atoms with E-state index in [0.717, 1.165) is 11.8 Å². The van der Waals surface area contributed by atoms with Gasteiger partial charge >= 0.3 is 5.97 Å². The first-order valence-corrected chi connectivity index (χ1v) is 9.41. The maximum Gasteiger partial charge on any atom is 0.324 e. The molecule has 0 aliphatic heterocycles. The van der Waals surface area contributed by atoms with E-state index in [1.165, 1.54) is 11.6 Å². The van der Waals surface area contributed by atoms with Crippen molar-refractivity contribution in [1.29, 1.82) is 0 Å². The third-order valence-electron chi connectivity index (χ3n) is 4.26. The summed E-state index contributed by atoms with van der Waals surface area (Å²) < 4.78 is 28.9. The molecule has 1 atom stereocenters. The van der Waals surface area contributed by atoms with Gasteiger partial charge in [0.1, 0.15) is 5.52 Å². The fourth-order valence-electron chi connectivity index (χ4n) is 2.37. The van der Waals surface area contributed by atoms with Crippen LogP contribution in [0.3, 0.4) is 0 Å². The maximum absolute atomic E-state index is 11.8. The zero-order valence-electron chi connectivity index (χ0n) is 13.7. The molecule has 0 radical (unpaired) electrons. The quantitative estimate of drug-likeness (QED) is 0.712. The van der Waals surface area contributed by atoms with E-state index in [-0.39, 0.29) is 13.0 Å². The minimum Gasteiger partial charge on any atom is -0.480 e. The standard InChI is InChI=1S/C16H17N3O5S/c1-16(15(20)21,25(2,22)23)7-8-19-10-11(9-17-19)14-18-12-5-3-4-6-13(12)24-14/h3-6,9-10H,7-8H2,1-2H3,(H,20,21). The number of sulfone groups is 1. The van der Waals surface area contributed by atoms with Crippen molar-refractivity contribution in [3.63, 3.8) is 0 Å². The van der Waals surface area contributed by atoms with Gasteiger partial charge in [0, 0.05) is 19.0 Å². The van der Waals surface area contributed by atoms with Crippen LogP contribution in [-0.2, 0) is 21.2 Å². The van der Waals surface area contributed by atoms with Crippen LogP contribution in [0.5, 0.6) is 0 Å². The van der Waals surface area contributed by atoms with E-state index in [1.807, 2.05) is 18.2 Å². The second-order valence-electron chi connectivity index (χ2n) is 6.04. The highest BCUT2D eigenvalue weighted by Gasteiger charge is 2.43. The van der Waals surface area contributed by atoms with Crippen molar-refractivity contribution >= 4 is 26.9 Å². The van der Waals surface area contributed by atoms with Gasteiger partial charge in [0.2, 0.25) is 5.89 Å². The predicted octanol–water partition coefficient (Wildman–Crippen LogP) is 1.97. The molecule has 25 heavy (non-hydrogen) atoms. The minimum absolute atomic E-state index is 0.101. The Labute approximate surface area is 144 Å². The summed E-state index contributed by atoms with van der Waals surface area (Å²) in [5.41, 5.74) is 2.01. The number of hydrogen-bond acceptors (Lipinski definition) is 6. The Bertz CT molecular complexity index is 1000. The lowest BCUT2D eigenvalue weighted by Crippen LogP contribution is -2.43. The third kappa shape index (κ3) is 3.14. The van der Waals surface area contributed by atoms with Gasteiger partial charge in [-0.3, -0.25) is 9.48 Å². The van der Waals surface area contributed by atoms with Crippen LogP contribution in [0.2, 0.25) is 0 Å². The number of aryl methyl sites for hydroxylation is 1. The van der Waals surface area contributed by atoms with Gasteiger partial charge in [0.05, 0.1) is 11.8 Å². The summed E-state index contributed by atoms with van der Waals surface area (Å²) in [4.78, 5) is 15.7. The van der Waals surface area contributed by atoms with Gasteiger partial charge in [-0.2, -0.15) is 5.10 Å². The van der Waals surface area contributed by atoms with Gasteiger partial charge in [-0.25, -0.2) is 13.4 Å². The summed E-state index contributed by atoms with van der Waals surface area (Å²) in [5.74, 6) is -0.974. The first kappa shape index (κ1) is 17.2. The molecule has 0 spiro atoms. The molecule has 3 aromatic rings. The highest BCUT2D eigenvalue weighted by atomic mass is 32.2. The van der Waals surface area contributed by atoms with E-state index < -0.39 is 20.6 Å². The lowest BCUT2D eigenvalue weighted by Gasteiger charge is -2.22. The molecule has 0 amide bonds. The second kappa shape index (κ2) is 5.99. The molecule has 2 heterocycles. The molecule has 3 rings (SSSR count). The first-order chi connectivity index (χ1) is 11.7. The summed E-state index contributed by atoms with van der Waals surface area (Å²) in [6.45, 7) is 1.34. The lowest BCUT2D eigenvalue weighted by atomic mass is 10.1. The van der Waals surface area contributed by atoms with Gasteiger partial charge < -0.3 is 9.52 Å². The summed E-state index contributed by atoms with van der Waals surface area (Å²) in [7, 11) is -3.77. The number of aromatic nitrogens is 3. The molecule has 0 bridgehead atoms. The number of carboxylic acid groups (broad SMARTS) is 1. The molecule has 2 aromatic heterocycles. The predicted molar refractivity (Wildman–Crippen MR) is 90.7 cm³/mol. The highest BCUT2D eigenvalue weighted by Crippen LogP contribution is 2.25.